The van der Waals surface area contributed by atoms with Gasteiger partial charge in [-0.1, -0.05) is 64.8 Å². The van der Waals surface area contributed by atoms with E-state index in [4.69, 9.17) is 44.9 Å². The zero-order valence-electron chi connectivity index (χ0n) is 9.01. The molecule has 1 unspecified atom stereocenters. The van der Waals surface area contributed by atoms with Crippen LogP contribution < -0.4 is 0 Å². The van der Waals surface area contributed by atoms with Gasteiger partial charge in [0, 0.05) is 5.56 Å². The molecule has 0 aliphatic carbocycles. The highest BCUT2D eigenvalue weighted by Crippen LogP contribution is 2.28. The molecule has 0 saturated heterocycles. The first-order valence-electron chi connectivity index (χ1n) is 4.78. The molecule has 0 radical (unpaired) electrons. The molecule has 0 saturated carbocycles. The van der Waals surface area contributed by atoms with Crippen molar-refractivity contribution in [1.82, 2.24) is 0 Å². The Kier molecular flexibility index (Phi) is 5.14. The van der Waals surface area contributed by atoms with Crippen molar-refractivity contribution < 1.29 is 4.74 Å². The molecule has 1 atom stereocenters. The Morgan fingerprint density at radius 3 is 2.41 bits per heavy atom. The Hall–Kier alpha value is -0.880. The third-order valence-corrected chi connectivity index (χ3v) is 2.26. The van der Waals surface area contributed by atoms with Crippen molar-refractivity contribution in [3.63, 3.8) is 0 Å². The highest BCUT2D eigenvalue weighted by Gasteiger charge is 2.29. The van der Waals surface area contributed by atoms with E-state index in [1.54, 1.807) is 6.92 Å². The van der Waals surface area contributed by atoms with Crippen molar-refractivity contribution in [2.75, 3.05) is 0 Å². The lowest BCUT2D eigenvalue weighted by Gasteiger charge is -2.15. The molecule has 0 heterocycles. The Labute approximate surface area is 115 Å². The van der Waals surface area contributed by atoms with Crippen molar-refractivity contribution in [2.45, 2.75) is 16.8 Å². The lowest BCUT2D eigenvalue weighted by atomic mass is 10.2. The quantitative estimate of drug-likeness (QED) is 0.363. The van der Waals surface area contributed by atoms with E-state index in [1.165, 1.54) is 0 Å². The van der Waals surface area contributed by atoms with Crippen LogP contribution in [0.3, 0.4) is 0 Å². The summed E-state index contributed by atoms with van der Waals surface area (Å²) >= 11 is 16.4. The van der Waals surface area contributed by atoms with Crippen LogP contribution in [0.25, 0.3) is 0 Å². The molecule has 1 N–H and O–H groups in total. The van der Waals surface area contributed by atoms with Crippen molar-refractivity contribution in [3.05, 3.63) is 35.9 Å². The van der Waals surface area contributed by atoms with Gasteiger partial charge in [-0.05, 0) is 19.1 Å². The van der Waals surface area contributed by atoms with Crippen LogP contribution in [-0.2, 0) is 4.74 Å². The van der Waals surface area contributed by atoms with Crippen LogP contribution in [0, 0.1) is 17.3 Å². The van der Waals surface area contributed by atoms with Gasteiger partial charge in [0.05, 0.1) is 0 Å². The SMILES string of the molecule is CC(C#Cc1ccccc1)OC(=N)C(Cl)(Cl)Cl. The molecule has 0 amide bonds. The molecule has 0 bridgehead atoms. The summed E-state index contributed by atoms with van der Waals surface area (Å²) in [7, 11) is 0. The second-order valence-corrected chi connectivity index (χ2v) is 5.50. The van der Waals surface area contributed by atoms with E-state index in [1.807, 2.05) is 30.3 Å². The highest BCUT2D eigenvalue weighted by molar-refractivity contribution is 6.76. The summed E-state index contributed by atoms with van der Waals surface area (Å²) in [5.41, 5.74) is 0.864. The summed E-state index contributed by atoms with van der Waals surface area (Å²) < 4.78 is 3.21. The largest absolute Gasteiger partial charge is 0.462 e. The maximum atomic E-state index is 7.37. The lowest BCUT2D eigenvalue weighted by molar-refractivity contribution is 0.257. The lowest BCUT2D eigenvalue weighted by Crippen LogP contribution is -2.24. The number of nitrogens with one attached hydrogen (secondary N) is 1. The van der Waals surface area contributed by atoms with Gasteiger partial charge in [0.15, 0.2) is 6.10 Å². The normalized spacial score (nSPS) is 12.2. The monoisotopic (exact) mass is 289 g/mol. The van der Waals surface area contributed by atoms with Gasteiger partial charge in [0.25, 0.3) is 3.79 Å². The predicted molar refractivity (Wildman–Crippen MR) is 71.9 cm³/mol. The van der Waals surface area contributed by atoms with Gasteiger partial charge >= 0.3 is 0 Å². The second-order valence-electron chi connectivity index (χ2n) is 3.22. The Bertz CT molecular complexity index is 442. The molecule has 1 aromatic carbocycles. The van der Waals surface area contributed by atoms with E-state index in [9.17, 15) is 0 Å². The average molecular weight is 291 g/mol. The molecule has 0 spiro atoms. The topological polar surface area (TPSA) is 33.1 Å². The maximum absolute atomic E-state index is 7.37. The number of ether oxygens (including phenoxy) is 1. The molecule has 0 aromatic heterocycles. The smallest absolute Gasteiger partial charge is 0.265 e. The number of halogens is 3. The molecule has 90 valence electrons. The van der Waals surface area contributed by atoms with Gasteiger partial charge in [-0.15, -0.1) is 0 Å². The van der Waals surface area contributed by atoms with Crippen LogP contribution in [0.15, 0.2) is 30.3 Å². The zero-order chi connectivity index (χ0) is 12.9. The van der Waals surface area contributed by atoms with Gasteiger partial charge in [-0.25, -0.2) is 0 Å². The van der Waals surface area contributed by atoms with E-state index in [0.717, 1.165) is 5.56 Å². The molecule has 17 heavy (non-hydrogen) atoms. The molecule has 0 aliphatic heterocycles. The average Bonchev–Trinajstić information content (AvgIpc) is 2.26. The van der Waals surface area contributed by atoms with Crippen molar-refractivity contribution in [1.29, 1.82) is 5.41 Å². The summed E-state index contributed by atoms with van der Waals surface area (Å²) in [5.74, 6) is 5.28. The van der Waals surface area contributed by atoms with Crippen LogP contribution in [0.1, 0.15) is 12.5 Å². The molecular weight excluding hydrogens is 280 g/mol. The molecule has 2 nitrogen and oxygen atoms in total. The number of hydrogen-bond acceptors (Lipinski definition) is 2. The van der Waals surface area contributed by atoms with Crippen LogP contribution in [0.5, 0.6) is 0 Å². The Morgan fingerprint density at radius 1 is 1.29 bits per heavy atom. The predicted octanol–water partition coefficient (Wildman–Crippen LogP) is 3.79. The minimum absolute atomic E-state index is 0.433. The summed E-state index contributed by atoms with van der Waals surface area (Å²) in [4.78, 5) is 0. The van der Waals surface area contributed by atoms with Crippen LogP contribution in [0.4, 0.5) is 0 Å². The van der Waals surface area contributed by atoms with E-state index >= 15 is 0 Å². The van der Waals surface area contributed by atoms with Gasteiger partial charge in [-0.2, -0.15) is 0 Å². The summed E-state index contributed by atoms with van der Waals surface area (Å²) in [6, 6.07) is 9.43. The van der Waals surface area contributed by atoms with Gasteiger partial charge < -0.3 is 4.74 Å². The minimum Gasteiger partial charge on any atom is -0.462 e. The van der Waals surface area contributed by atoms with Gasteiger partial charge in [0.1, 0.15) is 0 Å². The van der Waals surface area contributed by atoms with E-state index < -0.39 is 15.8 Å². The van der Waals surface area contributed by atoms with Gasteiger partial charge in [0.2, 0.25) is 5.90 Å². The molecule has 5 heteroatoms. The van der Waals surface area contributed by atoms with E-state index in [-0.39, 0.29) is 0 Å². The Balaban J connectivity index is 2.60. The fraction of sp³-hybridized carbons (Fsp3) is 0.250. The van der Waals surface area contributed by atoms with E-state index in [2.05, 4.69) is 11.8 Å². The number of rotatable bonds is 1. The molecular formula is C12H10Cl3NO. The minimum atomic E-state index is -1.84. The van der Waals surface area contributed by atoms with Gasteiger partial charge in [-0.3, -0.25) is 5.41 Å². The van der Waals surface area contributed by atoms with Crippen LogP contribution >= 0.6 is 34.8 Å². The Morgan fingerprint density at radius 2 is 1.88 bits per heavy atom. The zero-order valence-corrected chi connectivity index (χ0v) is 11.3. The molecule has 0 fully saturated rings. The van der Waals surface area contributed by atoms with Crippen molar-refractivity contribution in [2.24, 2.45) is 0 Å². The first kappa shape index (κ1) is 14.2. The maximum Gasteiger partial charge on any atom is 0.265 e. The number of hydrogen-bond donors (Lipinski definition) is 1. The molecule has 0 aliphatic rings. The second kappa shape index (κ2) is 6.16. The van der Waals surface area contributed by atoms with Crippen molar-refractivity contribution in [3.8, 4) is 11.8 Å². The highest BCUT2D eigenvalue weighted by atomic mass is 35.6. The molecule has 1 aromatic rings. The first-order chi connectivity index (χ1) is 7.89. The number of alkyl halides is 3. The summed E-state index contributed by atoms with van der Waals surface area (Å²) in [5, 5.41) is 7.37. The standard InChI is InChI=1S/C12H10Cl3NO/c1-9(17-11(16)12(13,14)15)7-8-10-5-3-2-4-6-10/h2-6,9,16H,1H3. The van der Waals surface area contributed by atoms with Crippen molar-refractivity contribution >= 4 is 40.7 Å². The third-order valence-electron chi connectivity index (χ3n) is 1.75. The first-order valence-corrected chi connectivity index (χ1v) is 5.92. The summed E-state index contributed by atoms with van der Waals surface area (Å²) in [6.07, 6.45) is -0.515. The fourth-order valence-electron chi connectivity index (χ4n) is 0.980. The third kappa shape index (κ3) is 5.32. The fourth-order valence-corrected chi connectivity index (χ4v) is 1.11. The van der Waals surface area contributed by atoms with Crippen LogP contribution in [0.2, 0.25) is 0 Å². The molecule has 1 rings (SSSR count). The van der Waals surface area contributed by atoms with Crippen LogP contribution in [-0.4, -0.2) is 15.8 Å². The van der Waals surface area contributed by atoms with E-state index in [0.29, 0.717) is 0 Å². The number of benzene rings is 1. The summed E-state index contributed by atoms with van der Waals surface area (Å²) in [6.45, 7) is 1.68.